The standard InChI is InChI=1S/C19H29N3O4/c23-16(22-12-15-4-3-7-19(15,13-22)17(24)25)14-5-10-21(11-6-14)18(26)20-8-1-2-9-20/h14-15H,1-13H2,(H,24,25)/t15-,19+/m0/s1. The monoisotopic (exact) mass is 363 g/mol. The van der Waals surface area contributed by atoms with Crippen LogP contribution >= 0.6 is 0 Å². The molecule has 4 fully saturated rings. The Morgan fingerprint density at radius 1 is 0.846 bits per heavy atom. The third-order valence-electron chi connectivity index (χ3n) is 7.10. The topological polar surface area (TPSA) is 81.2 Å². The van der Waals surface area contributed by atoms with E-state index in [-0.39, 0.29) is 23.8 Å². The average molecular weight is 363 g/mol. The van der Waals surface area contributed by atoms with Gasteiger partial charge in [0.1, 0.15) is 0 Å². The molecule has 144 valence electrons. The van der Waals surface area contributed by atoms with Gasteiger partial charge in [-0.15, -0.1) is 0 Å². The normalized spacial score (nSPS) is 32.2. The summed E-state index contributed by atoms with van der Waals surface area (Å²) in [7, 11) is 0. The van der Waals surface area contributed by atoms with Gasteiger partial charge in [0.25, 0.3) is 0 Å². The van der Waals surface area contributed by atoms with Gasteiger partial charge in [0, 0.05) is 45.2 Å². The summed E-state index contributed by atoms with van der Waals surface area (Å²) in [5.74, 6) is -0.585. The summed E-state index contributed by atoms with van der Waals surface area (Å²) in [6.45, 7) is 3.94. The fourth-order valence-corrected chi connectivity index (χ4v) is 5.49. The third-order valence-corrected chi connectivity index (χ3v) is 7.10. The second-order valence-electron chi connectivity index (χ2n) is 8.51. The van der Waals surface area contributed by atoms with E-state index in [1.54, 1.807) is 4.90 Å². The van der Waals surface area contributed by atoms with E-state index in [1.165, 1.54) is 0 Å². The van der Waals surface area contributed by atoms with Gasteiger partial charge in [0.05, 0.1) is 5.41 Å². The maximum absolute atomic E-state index is 12.9. The van der Waals surface area contributed by atoms with E-state index in [0.29, 0.717) is 45.4 Å². The molecule has 3 amide bonds. The van der Waals surface area contributed by atoms with E-state index >= 15 is 0 Å². The molecule has 26 heavy (non-hydrogen) atoms. The van der Waals surface area contributed by atoms with Gasteiger partial charge in [-0.1, -0.05) is 6.42 Å². The lowest BCUT2D eigenvalue weighted by Gasteiger charge is -2.35. The van der Waals surface area contributed by atoms with Crippen LogP contribution in [-0.4, -0.2) is 77.0 Å². The van der Waals surface area contributed by atoms with Gasteiger partial charge >= 0.3 is 12.0 Å². The van der Waals surface area contributed by atoms with Gasteiger partial charge in [0.2, 0.25) is 5.91 Å². The van der Waals surface area contributed by atoms with Crippen molar-refractivity contribution >= 4 is 17.9 Å². The maximum Gasteiger partial charge on any atom is 0.319 e. The number of urea groups is 1. The van der Waals surface area contributed by atoms with E-state index in [0.717, 1.165) is 38.8 Å². The predicted molar refractivity (Wildman–Crippen MR) is 94.5 cm³/mol. The van der Waals surface area contributed by atoms with Crippen LogP contribution in [0.4, 0.5) is 4.79 Å². The number of likely N-dealkylation sites (tertiary alicyclic amines) is 3. The molecule has 4 rings (SSSR count). The summed E-state index contributed by atoms with van der Waals surface area (Å²) in [6, 6.07) is 0.119. The number of aliphatic carboxylic acids is 1. The number of amides is 3. The van der Waals surface area contributed by atoms with Crippen molar-refractivity contribution < 1.29 is 19.5 Å². The molecule has 0 spiro atoms. The number of nitrogens with zero attached hydrogens (tertiary/aromatic N) is 3. The molecule has 1 saturated carbocycles. The molecule has 0 bridgehead atoms. The second-order valence-corrected chi connectivity index (χ2v) is 8.51. The SMILES string of the molecule is O=C(C1CCN(C(=O)N2CCCC2)CC1)N1C[C@@H]2CCC[C@@]2(C(=O)O)C1. The summed E-state index contributed by atoms with van der Waals surface area (Å²) in [6.07, 6.45) is 6.12. The lowest BCUT2D eigenvalue weighted by atomic mass is 9.81. The van der Waals surface area contributed by atoms with Crippen LogP contribution in [0.5, 0.6) is 0 Å². The first-order chi connectivity index (χ1) is 12.5. The molecule has 0 unspecified atom stereocenters. The highest BCUT2D eigenvalue weighted by molar-refractivity contribution is 5.83. The quantitative estimate of drug-likeness (QED) is 0.808. The fraction of sp³-hybridized carbons (Fsp3) is 0.842. The van der Waals surface area contributed by atoms with Crippen LogP contribution in [0.1, 0.15) is 44.9 Å². The van der Waals surface area contributed by atoms with Crippen molar-refractivity contribution in [2.45, 2.75) is 44.9 Å². The van der Waals surface area contributed by atoms with Crippen LogP contribution in [0.25, 0.3) is 0 Å². The smallest absolute Gasteiger partial charge is 0.319 e. The Bertz CT molecular complexity index is 596. The number of carboxylic acids is 1. The van der Waals surface area contributed by atoms with Gasteiger partial charge in [-0.2, -0.15) is 0 Å². The second kappa shape index (κ2) is 6.74. The Kier molecular flexibility index (Phi) is 4.57. The number of hydrogen-bond donors (Lipinski definition) is 1. The molecule has 0 aromatic heterocycles. The Morgan fingerprint density at radius 3 is 2.12 bits per heavy atom. The van der Waals surface area contributed by atoms with Crippen molar-refractivity contribution in [1.82, 2.24) is 14.7 Å². The molecule has 0 aromatic rings. The van der Waals surface area contributed by atoms with Crippen LogP contribution in [0.15, 0.2) is 0 Å². The number of hydrogen-bond acceptors (Lipinski definition) is 3. The first kappa shape index (κ1) is 17.6. The number of carbonyl (C=O) groups excluding carboxylic acids is 2. The minimum Gasteiger partial charge on any atom is -0.481 e. The first-order valence-electron chi connectivity index (χ1n) is 10.1. The van der Waals surface area contributed by atoms with Gasteiger partial charge < -0.3 is 19.8 Å². The molecule has 1 N–H and O–H groups in total. The van der Waals surface area contributed by atoms with Crippen LogP contribution < -0.4 is 0 Å². The summed E-state index contributed by atoms with van der Waals surface area (Å²) in [5.41, 5.74) is -0.706. The molecule has 0 radical (unpaired) electrons. The van der Waals surface area contributed by atoms with E-state index in [1.807, 2.05) is 9.80 Å². The zero-order valence-electron chi connectivity index (χ0n) is 15.4. The Labute approximate surface area is 154 Å². The number of carboxylic acid groups (broad SMARTS) is 1. The molecule has 3 heterocycles. The molecule has 1 aliphatic carbocycles. The van der Waals surface area contributed by atoms with E-state index in [9.17, 15) is 19.5 Å². The molecule has 2 atom stereocenters. The van der Waals surface area contributed by atoms with Gasteiger partial charge in [0.15, 0.2) is 0 Å². The highest BCUT2D eigenvalue weighted by atomic mass is 16.4. The Balaban J connectivity index is 1.33. The van der Waals surface area contributed by atoms with Crippen molar-refractivity contribution in [2.75, 3.05) is 39.3 Å². The molecular weight excluding hydrogens is 334 g/mol. The summed E-state index contributed by atoms with van der Waals surface area (Å²) in [5, 5.41) is 9.70. The van der Waals surface area contributed by atoms with Crippen molar-refractivity contribution in [3.63, 3.8) is 0 Å². The highest BCUT2D eigenvalue weighted by Crippen LogP contribution is 2.49. The Hall–Kier alpha value is -1.79. The van der Waals surface area contributed by atoms with Crippen molar-refractivity contribution in [3.8, 4) is 0 Å². The lowest BCUT2D eigenvalue weighted by Crippen LogP contribution is -2.48. The molecular formula is C19H29N3O4. The molecule has 4 aliphatic rings. The minimum atomic E-state index is -0.735. The number of fused-ring (bicyclic) bond motifs is 1. The van der Waals surface area contributed by atoms with Crippen LogP contribution in [0.2, 0.25) is 0 Å². The molecule has 3 saturated heterocycles. The highest BCUT2D eigenvalue weighted by Gasteiger charge is 2.56. The Morgan fingerprint density at radius 2 is 1.50 bits per heavy atom. The van der Waals surface area contributed by atoms with E-state index in [2.05, 4.69) is 0 Å². The average Bonchev–Trinajstić information content (AvgIpc) is 3.36. The van der Waals surface area contributed by atoms with Gasteiger partial charge in [-0.3, -0.25) is 9.59 Å². The number of rotatable bonds is 2. The fourth-order valence-electron chi connectivity index (χ4n) is 5.49. The molecule has 7 nitrogen and oxygen atoms in total. The summed E-state index contributed by atoms with van der Waals surface area (Å²) in [4.78, 5) is 42.8. The third kappa shape index (κ3) is 2.85. The van der Waals surface area contributed by atoms with Crippen LogP contribution in [-0.2, 0) is 9.59 Å². The number of carbonyl (C=O) groups is 3. The van der Waals surface area contributed by atoms with Crippen molar-refractivity contribution in [3.05, 3.63) is 0 Å². The lowest BCUT2D eigenvalue weighted by molar-refractivity contribution is -0.149. The molecule has 3 aliphatic heterocycles. The van der Waals surface area contributed by atoms with E-state index < -0.39 is 11.4 Å². The van der Waals surface area contributed by atoms with E-state index in [4.69, 9.17) is 0 Å². The first-order valence-corrected chi connectivity index (χ1v) is 10.1. The maximum atomic E-state index is 12.9. The van der Waals surface area contributed by atoms with Crippen LogP contribution in [0, 0.1) is 17.3 Å². The van der Waals surface area contributed by atoms with Crippen molar-refractivity contribution in [2.24, 2.45) is 17.3 Å². The molecule has 7 heteroatoms. The zero-order valence-corrected chi connectivity index (χ0v) is 15.4. The van der Waals surface area contributed by atoms with Crippen molar-refractivity contribution in [1.29, 1.82) is 0 Å². The number of piperidine rings is 1. The molecule has 0 aromatic carbocycles. The van der Waals surface area contributed by atoms with Gasteiger partial charge in [-0.05, 0) is 44.4 Å². The van der Waals surface area contributed by atoms with Crippen LogP contribution in [0.3, 0.4) is 0 Å². The zero-order chi connectivity index (χ0) is 18.3. The van der Waals surface area contributed by atoms with Gasteiger partial charge in [-0.25, -0.2) is 4.79 Å². The largest absolute Gasteiger partial charge is 0.481 e. The summed E-state index contributed by atoms with van der Waals surface area (Å²) < 4.78 is 0. The summed E-state index contributed by atoms with van der Waals surface area (Å²) >= 11 is 0. The predicted octanol–water partition coefficient (Wildman–Crippen LogP) is 1.63. The minimum absolute atomic E-state index is 0.0673.